The lowest BCUT2D eigenvalue weighted by Gasteiger charge is -2.47. The molecule has 0 bridgehead atoms. The van der Waals surface area contributed by atoms with Crippen molar-refractivity contribution in [3.63, 3.8) is 0 Å². The summed E-state index contributed by atoms with van der Waals surface area (Å²) in [6.45, 7) is 10.1. The summed E-state index contributed by atoms with van der Waals surface area (Å²) in [6, 6.07) is 1.95. The summed E-state index contributed by atoms with van der Waals surface area (Å²) >= 11 is 1.49. The van der Waals surface area contributed by atoms with E-state index in [4.69, 9.17) is 4.74 Å². The van der Waals surface area contributed by atoms with Crippen molar-refractivity contribution in [2.24, 2.45) is 0 Å². The zero-order valence-corrected chi connectivity index (χ0v) is 11.6. The number of ether oxygens (including phenoxy) is 1. The van der Waals surface area contributed by atoms with E-state index < -0.39 is 0 Å². The topological polar surface area (TPSA) is 29.5 Å². The second-order valence-corrected chi connectivity index (χ2v) is 6.75. The summed E-state index contributed by atoms with van der Waals surface area (Å²) in [5.74, 6) is 0. The number of hydrogen-bond acceptors (Lipinski definition) is 4. The predicted octanol–water partition coefficient (Wildman–Crippen LogP) is 2.95. The van der Waals surface area contributed by atoms with Crippen molar-refractivity contribution in [1.29, 1.82) is 0 Å². The number of thiophene rings is 1. The van der Waals surface area contributed by atoms with Crippen LogP contribution in [0.3, 0.4) is 0 Å². The minimum atomic E-state index is -0.162. The first-order valence-electron chi connectivity index (χ1n) is 5.80. The normalized spacial score (nSPS) is 22.5. The van der Waals surface area contributed by atoms with Crippen molar-refractivity contribution in [1.82, 2.24) is 0 Å². The minimum Gasteiger partial charge on any atom is -0.366 e. The molecule has 2 heterocycles. The maximum Gasteiger partial charge on any atom is 0.160 e. The average molecular weight is 253 g/mol. The number of aldehydes is 1. The Balaban J connectivity index is 2.23. The van der Waals surface area contributed by atoms with Gasteiger partial charge in [-0.3, -0.25) is 4.79 Å². The standard InChI is InChI=1S/C13H19NO2S/c1-12(2)8-14(9-13(3,4)16-12)10-5-11(6-15)17-7-10/h5-7H,8-9H2,1-4H3. The molecule has 94 valence electrons. The maximum atomic E-state index is 10.7. The van der Waals surface area contributed by atoms with Crippen molar-refractivity contribution in [3.8, 4) is 0 Å². The zero-order chi connectivity index (χ0) is 12.7. The molecule has 3 nitrogen and oxygen atoms in total. The summed E-state index contributed by atoms with van der Waals surface area (Å²) in [5.41, 5.74) is 0.803. The van der Waals surface area contributed by atoms with E-state index in [9.17, 15) is 4.79 Å². The number of nitrogens with zero attached hydrogens (tertiary/aromatic N) is 1. The summed E-state index contributed by atoms with van der Waals surface area (Å²) in [6.07, 6.45) is 0.908. The van der Waals surface area contributed by atoms with Crippen LogP contribution < -0.4 is 4.90 Å². The van der Waals surface area contributed by atoms with Gasteiger partial charge in [-0.1, -0.05) is 0 Å². The van der Waals surface area contributed by atoms with E-state index in [1.807, 2.05) is 11.4 Å². The molecule has 1 aromatic rings. The Bertz CT molecular complexity index is 407. The van der Waals surface area contributed by atoms with Crippen LogP contribution in [-0.4, -0.2) is 30.6 Å². The van der Waals surface area contributed by atoms with Gasteiger partial charge in [0.2, 0.25) is 0 Å². The molecular formula is C13H19NO2S. The molecule has 0 unspecified atom stereocenters. The van der Waals surface area contributed by atoms with Crippen LogP contribution in [0.15, 0.2) is 11.4 Å². The fourth-order valence-electron chi connectivity index (χ4n) is 2.54. The highest BCUT2D eigenvalue weighted by Gasteiger charge is 2.38. The third-order valence-corrected chi connectivity index (χ3v) is 3.63. The van der Waals surface area contributed by atoms with E-state index in [1.54, 1.807) is 0 Å². The summed E-state index contributed by atoms with van der Waals surface area (Å²) in [4.78, 5) is 13.8. The summed E-state index contributed by atoms with van der Waals surface area (Å²) in [7, 11) is 0. The number of morpholine rings is 1. The molecule has 2 rings (SSSR count). The van der Waals surface area contributed by atoms with Crippen molar-refractivity contribution in [2.45, 2.75) is 38.9 Å². The largest absolute Gasteiger partial charge is 0.366 e. The molecular weight excluding hydrogens is 234 g/mol. The third-order valence-electron chi connectivity index (χ3n) is 2.78. The van der Waals surface area contributed by atoms with Gasteiger partial charge in [-0.05, 0) is 33.8 Å². The Labute approximate surface area is 106 Å². The fraction of sp³-hybridized carbons (Fsp3) is 0.615. The van der Waals surface area contributed by atoms with Gasteiger partial charge in [0, 0.05) is 24.2 Å². The molecule has 0 aliphatic carbocycles. The van der Waals surface area contributed by atoms with Crippen LogP contribution >= 0.6 is 11.3 Å². The van der Waals surface area contributed by atoms with E-state index in [1.165, 1.54) is 11.3 Å². The molecule has 1 saturated heterocycles. The molecule has 4 heteroatoms. The second kappa shape index (κ2) is 4.10. The predicted molar refractivity (Wildman–Crippen MR) is 71.2 cm³/mol. The number of carbonyl (C=O) groups is 1. The molecule has 1 aromatic heterocycles. The van der Waals surface area contributed by atoms with Crippen LogP contribution in [0.5, 0.6) is 0 Å². The van der Waals surface area contributed by atoms with E-state index >= 15 is 0 Å². The molecule has 17 heavy (non-hydrogen) atoms. The lowest BCUT2D eigenvalue weighted by Crippen LogP contribution is -2.57. The SMILES string of the molecule is CC1(C)CN(c2csc(C=O)c2)CC(C)(C)O1. The number of hydrogen-bond donors (Lipinski definition) is 0. The Morgan fingerprint density at radius 2 is 1.88 bits per heavy atom. The highest BCUT2D eigenvalue weighted by atomic mass is 32.1. The van der Waals surface area contributed by atoms with Crippen molar-refractivity contribution >= 4 is 23.3 Å². The van der Waals surface area contributed by atoms with Gasteiger partial charge in [0.05, 0.1) is 16.1 Å². The van der Waals surface area contributed by atoms with Gasteiger partial charge in [-0.15, -0.1) is 11.3 Å². The first kappa shape index (κ1) is 12.6. The zero-order valence-electron chi connectivity index (χ0n) is 10.8. The van der Waals surface area contributed by atoms with Gasteiger partial charge in [-0.25, -0.2) is 0 Å². The highest BCUT2D eigenvalue weighted by molar-refractivity contribution is 7.12. The Hall–Kier alpha value is -0.870. The van der Waals surface area contributed by atoms with Crippen LogP contribution in [0.4, 0.5) is 5.69 Å². The quantitative estimate of drug-likeness (QED) is 0.759. The van der Waals surface area contributed by atoms with Crippen molar-refractivity contribution < 1.29 is 9.53 Å². The van der Waals surface area contributed by atoms with Crippen LogP contribution in [0, 0.1) is 0 Å². The molecule has 1 aliphatic rings. The molecule has 0 aromatic carbocycles. The Kier molecular flexibility index (Phi) is 3.04. The van der Waals surface area contributed by atoms with Crippen LogP contribution in [0.25, 0.3) is 0 Å². The van der Waals surface area contributed by atoms with Gasteiger partial charge in [0.1, 0.15) is 0 Å². The van der Waals surface area contributed by atoms with E-state index in [-0.39, 0.29) is 11.2 Å². The fourth-order valence-corrected chi connectivity index (χ4v) is 3.26. The average Bonchev–Trinajstić information content (AvgIpc) is 2.60. The van der Waals surface area contributed by atoms with Crippen LogP contribution in [0.2, 0.25) is 0 Å². The molecule has 0 amide bonds. The van der Waals surface area contributed by atoms with Crippen molar-refractivity contribution in [3.05, 3.63) is 16.3 Å². The molecule has 0 radical (unpaired) electrons. The van der Waals surface area contributed by atoms with E-state index in [2.05, 4.69) is 32.6 Å². The number of anilines is 1. The maximum absolute atomic E-state index is 10.7. The molecule has 0 saturated carbocycles. The third kappa shape index (κ3) is 2.87. The van der Waals surface area contributed by atoms with E-state index in [0.717, 1.165) is 29.9 Å². The lowest BCUT2D eigenvalue weighted by atomic mass is 9.98. The smallest absolute Gasteiger partial charge is 0.160 e. The molecule has 0 N–H and O–H groups in total. The summed E-state index contributed by atoms with van der Waals surface area (Å²) in [5, 5.41) is 2.04. The van der Waals surface area contributed by atoms with E-state index in [0.29, 0.717) is 0 Å². The van der Waals surface area contributed by atoms with Gasteiger partial charge >= 0.3 is 0 Å². The minimum absolute atomic E-state index is 0.162. The van der Waals surface area contributed by atoms with Crippen LogP contribution in [0.1, 0.15) is 37.4 Å². The highest BCUT2D eigenvalue weighted by Crippen LogP contribution is 2.33. The molecule has 0 spiro atoms. The molecule has 1 fully saturated rings. The Morgan fingerprint density at radius 1 is 1.29 bits per heavy atom. The number of carbonyl (C=O) groups excluding carboxylic acids is 1. The second-order valence-electron chi connectivity index (χ2n) is 5.80. The lowest BCUT2D eigenvalue weighted by molar-refractivity contribution is -0.133. The molecule has 1 aliphatic heterocycles. The van der Waals surface area contributed by atoms with Crippen molar-refractivity contribution in [2.75, 3.05) is 18.0 Å². The monoisotopic (exact) mass is 253 g/mol. The van der Waals surface area contributed by atoms with Gasteiger partial charge in [-0.2, -0.15) is 0 Å². The first-order chi connectivity index (χ1) is 7.81. The van der Waals surface area contributed by atoms with Gasteiger partial charge in [0.15, 0.2) is 6.29 Å². The Morgan fingerprint density at radius 3 is 2.35 bits per heavy atom. The number of rotatable bonds is 2. The van der Waals surface area contributed by atoms with Gasteiger partial charge < -0.3 is 9.64 Å². The first-order valence-corrected chi connectivity index (χ1v) is 6.68. The van der Waals surface area contributed by atoms with Gasteiger partial charge in [0.25, 0.3) is 0 Å². The summed E-state index contributed by atoms with van der Waals surface area (Å²) < 4.78 is 6.04. The molecule has 0 atom stereocenters. The van der Waals surface area contributed by atoms with Crippen LogP contribution in [-0.2, 0) is 4.74 Å².